The van der Waals surface area contributed by atoms with Crippen molar-refractivity contribution in [3.8, 4) is 0 Å². The molecule has 38 heavy (non-hydrogen) atoms. The minimum atomic E-state index is -5.07. The highest BCUT2D eigenvalue weighted by Gasteiger charge is 2.31. The molecule has 0 saturated carbocycles. The van der Waals surface area contributed by atoms with Crippen molar-refractivity contribution < 1.29 is 65.7 Å². The van der Waals surface area contributed by atoms with E-state index in [-0.39, 0.29) is 6.61 Å². The molecule has 0 aromatic carbocycles. The fraction of sp³-hybridized carbons (Fsp3) is 0.550. The molecule has 0 aliphatic heterocycles. The summed E-state index contributed by atoms with van der Waals surface area (Å²) in [4.78, 5) is 57.1. The molecule has 14 nitrogen and oxygen atoms in total. The summed E-state index contributed by atoms with van der Waals surface area (Å²) in [5.41, 5.74) is 7.40. The van der Waals surface area contributed by atoms with Crippen molar-refractivity contribution in [3.63, 3.8) is 0 Å². The number of rotatable bonds is 13. The van der Waals surface area contributed by atoms with Crippen LogP contribution in [0.25, 0.3) is 0 Å². The number of phosphoric ester groups is 1. The highest BCUT2D eigenvalue weighted by atomic mass is 31.3. The molecule has 0 heterocycles. The van der Waals surface area contributed by atoms with Gasteiger partial charge in [-0.15, -0.1) is 5.73 Å². The molecule has 0 aromatic rings. The van der Waals surface area contributed by atoms with Crippen LogP contribution in [0.5, 0.6) is 0 Å². The zero-order valence-corrected chi connectivity index (χ0v) is 25.8. The minimum Gasteiger partial charge on any atom is -0.302 e. The van der Waals surface area contributed by atoms with E-state index in [0.717, 1.165) is 36.8 Å². The van der Waals surface area contributed by atoms with E-state index in [1.807, 2.05) is 20.8 Å². The fourth-order valence-electron chi connectivity index (χ4n) is 1.91. The van der Waals surface area contributed by atoms with Gasteiger partial charge in [0.25, 0.3) is 0 Å². The number of allylic oxidation sites excluding steroid dienone is 6. The summed E-state index contributed by atoms with van der Waals surface area (Å²) < 4.78 is 52.1. The van der Waals surface area contributed by atoms with Crippen molar-refractivity contribution >= 4 is 31.3 Å². The monoisotopic (exact) mass is 628 g/mol. The Kier molecular flexibility index (Phi) is 22.2. The zero-order chi connectivity index (χ0) is 30.8. The van der Waals surface area contributed by atoms with Gasteiger partial charge >= 0.3 is 31.3 Å². The van der Waals surface area contributed by atoms with E-state index in [2.05, 4.69) is 58.4 Å². The van der Waals surface area contributed by atoms with Crippen LogP contribution in [0.2, 0.25) is 0 Å². The molecule has 0 bridgehead atoms. The maximum atomic E-state index is 11.2. The maximum absolute atomic E-state index is 11.2. The molecule has 224 valence electrons. The molecule has 0 fully saturated rings. The van der Waals surface area contributed by atoms with Crippen molar-refractivity contribution in [2.75, 3.05) is 6.61 Å². The minimum absolute atomic E-state index is 0.261. The van der Waals surface area contributed by atoms with E-state index in [1.54, 1.807) is 6.08 Å². The third-order valence-electron chi connectivity index (χ3n) is 3.57. The molecule has 0 spiro atoms. The molecule has 1 atom stereocenters. The van der Waals surface area contributed by atoms with Gasteiger partial charge in [-0.05, 0) is 72.8 Å². The summed E-state index contributed by atoms with van der Waals surface area (Å²) in [5.74, 6) is 0. The van der Waals surface area contributed by atoms with Gasteiger partial charge in [-0.1, -0.05) is 41.5 Å². The number of hydrogen-bond donors (Lipinski definition) is 7. The second kappa shape index (κ2) is 20.2. The standard InChI is InChI=1S/C15H28O7P2.C5H8.H4O7P2/c1-13(2)7-5-8-14(3)9-6-10-15(4)11-12-21-24(19,20)22-23(16,17)18;1-4-5(2)3;1-8(2,3)7-9(4,5)6/h7,9,11H,5-6,8,10,12H2,1-4H3,(H,19,20)(H2,16,17,18);1H2,2-3H3;(H2,1,2,3)(H2,4,5,6). The Morgan fingerprint density at radius 3 is 1.37 bits per heavy atom. The average Bonchev–Trinajstić information content (AvgIpc) is 2.63. The Morgan fingerprint density at radius 1 is 0.684 bits per heavy atom. The Morgan fingerprint density at radius 2 is 1.05 bits per heavy atom. The molecule has 0 rings (SSSR count). The van der Waals surface area contributed by atoms with Gasteiger partial charge in [-0.2, -0.15) is 8.62 Å². The van der Waals surface area contributed by atoms with Crippen LogP contribution in [0.4, 0.5) is 0 Å². The van der Waals surface area contributed by atoms with Crippen LogP contribution in [0, 0.1) is 0 Å². The van der Waals surface area contributed by atoms with Gasteiger partial charge in [0, 0.05) is 0 Å². The highest BCUT2D eigenvalue weighted by molar-refractivity contribution is 7.60. The van der Waals surface area contributed by atoms with Crippen LogP contribution in [0.15, 0.2) is 52.8 Å². The summed E-state index contributed by atoms with van der Waals surface area (Å²) in [6.45, 7) is 15.2. The lowest BCUT2D eigenvalue weighted by atomic mass is 10.1. The van der Waals surface area contributed by atoms with E-state index >= 15 is 0 Å². The molecule has 0 aliphatic rings. The molecular formula is C20H40O14P4. The van der Waals surface area contributed by atoms with Gasteiger partial charge in [0.1, 0.15) is 0 Å². The molecule has 0 radical (unpaired) electrons. The molecule has 1 unspecified atom stereocenters. The first kappa shape index (κ1) is 41.7. The molecule has 18 heteroatoms. The molecular weight excluding hydrogens is 588 g/mol. The Bertz CT molecular complexity index is 1010. The van der Waals surface area contributed by atoms with Crippen molar-refractivity contribution in [2.24, 2.45) is 0 Å². The molecule has 0 aliphatic carbocycles. The number of phosphoric acid groups is 4. The normalized spacial score (nSPS) is 14.1. The SMILES string of the molecule is C=C=C(C)C.CC(C)=CCCC(C)=CCCC(C)=CCOP(=O)(O)OP(=O)(O)O.O=P(O)(O)OP(=O)(O)O. The first-order valence-corrected chi connectivity index (χ1v) is 16.8. The van der Waals surface area contributed by atoms with Crippen LogP contribution in [0.3, 0.4) is 0 Å². The van der Waals surface area contributed by atoms with E-state index in [1.165, 1.54) is 11.1 Å². The van der Waals surface area contributed by atoms with Gasteiger partial charge in [0.05, 0.1) is 6.61 Å². The van der Waals surface area contributed by atoms with Gasteiger partial charge in [0.2, 0.25) is 0 Å². The van der Waals surface area contributed by atoms with Crippen LogP contribution < -0.4 is 0 Å². The fourth-order valence-corrected chi connectivity index (χ4v) is 4.54. The summed E-state index contributed by atoms with van der Waals surface area (Å²) in [6.07, 6.45) is 9.59. The lowest BCUT2D eigenvalue weighted by molar-refractivity contribution is 0.190. The third-order valence-corrected chi connectivity index (χ3v) is 7.42. The lowest BCUT2D eigenvalue weighted by Crippen LogP contribution is -1.94. The second-order valence-electron chi connectivity index (χ2n) is 8.04. The zero-order valence-electron chi connectivity index (χ0n) is 22.3. The van der Waals surface area contributed by atoms with Crippen LogP contribution >= 0.6 is 31.3 Å². The van der Waals surface area contributed by atoms with Crippen LogP contribution in [0.1, 0.15) is 67.2 Å². The van der Waals surface area contributed by atoms with E-state index in [4.69, 9.17) is 34.3 Å². The predicted molar refractivity (Wildman–Crippen MR) is 143 cm³/mol. The predicted octanol–water partition coefficient (Wildman–Crippen LogP) is 5.56. The van der Waals surface area contributed by atoms with Gasteiger partial charge in [-0.25, -0.2) is 18.3 Å². The Hall–Kier alpha value is -0.740. The molecule has 0 aromatic heterocycles. The smallest absolute Gasteiger partial charge is 0.302 e. The van der Waals surface area contributed by atoms with Crippen LogP contribution in [-0.2, 0) is 31.4 Å². The Labute approximate surface area is 223 Å². The Balaban J connectivity index is -0.000000714. The summed E-state index contributed by atoms with van der Waals surface area (Å²) in [7, 11) is -19.9. The summed E-state index contributed by atoms with van der Waals surface area (Å²) >= 11 is 0. The van der Waals surface area contributed by atoms with Crippen molar-refractivity contribution in [1.29, 1.82) is 0 Å². The van der Waals surface area contributed by atoms with Gasteiger partial charge < -0.3 is 34.3 Å². The average molecular weight is 628 g/mol. The highest BCUT2D eigenvalue weighted by Crippen LogP contribution is 2.57. The van der Waals surface area contributed by atoms with Gasteiger partial charge in [-0.3, -0.25) is 4.52 Å². The summed E-state index contributed by atoms with van der Waals surface area (Å²) in [6, 6.07) is 0. The van der Waals surface area contributed by atoms with E-state index < -0.39 is 31.3 Å². The van der Waals surface area contributed by atoms with Crippen molar-refractivity contribution in [1.82, 2.24) is 0 Å². The maximum Gasteiger partial charge on any atom is 0.481 e. The van der Waals surface area contributed by atoms with Crippen molar-refractivity contribution in [2.45, 2.75) is 67.2 Å². The largest absolute Gasteiger partial charge is 0.481 e. The number of hydrogen-bond acceptors (Lipinski definition) is 7. The summed E-state index contributed by atoms with van der Waals surface area (Å²) in [5, 5.41) is 0. The third kappa shape index (κ3) is 39.8. The topological polar surface area (TPSA) is 238 Å². The molecule has 0 saturated heterocycles. The second-order valence-corrected chi connectivity index (χ2v) is 13.5. The first-order chi connectivity index (χ1) is 16.9. The van der Waals surface area contributed by atoms with Crippen LogP contribution in [-0.4, -0.2) is 40.9 Å². The molecule has 7 N–H and O–H groups in total. The lowest BCUT2D eigenvalue weighted by Gasteiger charge is -2.11. The van der Waals surface area contributed by atoms with Gasteiger partial charge in [0.15, 0.2) is 0 Å². The molecule has 0 amide bonds. The first-order valence-electron chi connectivity index (χ1n) is 10.7. The quantitative estimate of drug-likeness (QED) is 0.0751. The van der Waals surface area contributed by atoms with E-state index in [9.17, 15) is 18.3 Å². The van der Waals surface area contributed by atoms with E-state index in [0.29, 0.717) is 0 Å². The van der Waals surface area contributed by atoms with Crippen molar-refractivity contribution in [3.05, 3.63) is 52.8 Å².